The topological polar surface area (TPSA) is 88.5 Å². The van der Waals surface area contributed by atoms with Crippen LogP contribution in [-0.2, 0) is 23.1 Å². The molecular weight excluding hydrogens is 562 g/mol. The van der Waals surface area contributed by atoms with Gasteiger partial charge in [-0.1, -0.05) is 68.8 Å². The zero-order valence-corrected chi connectivity index (χ0v) is 27.1. The molecule has 3 aromatic carbocycles. The molecule has 5 rings (SSSR count). The summed E-state index contributed by atoms with van der Waals surface area (Å²) in [5.74, 6) is 2.14. The monoisotopic (exact) mass is 607 g/mol. The van der Waals surface area contributed by atoms with Crippen molar-refractivity contribution in [3.05, 3.63) is 101 Å². The molecule has 0 radical (unpaired) electrons. The van der Waals surface area contributed by atoms with Crippen LogP contribution in [0.25, 0.3) is 5.69 Å². The van der Waals surface area contributed by atoms with E-state index in [1.807, 2.05) is 84.6 Å². The molecule has 1 saturated heterocycles. The molecule has 1 aromatic heterocycles. The average Bonchev–Trinajstić information content (AvgIpc) is 3.45. The van der Waals surface area contributed by atoms with E-state index in [-0.39, 0.29) is 17.4 Å². The number of ether oxygens (including phenoxy) is 1. The molecule has 0 saturated carbocycles. The van der Waals surface area contributed by atoms with E-state index in [4.69, 9.17) is 9.84 Å². The molecule has 0 aliphatic carbocycles. The lowest BCUT2D eigenvalue weighted by molar-refractivity contribution is -0.132. The Balaban J connectivity index is 1.15. The average molecular weight is 608 g/mol. The lowest BCUT2D eigenvalue weighted by Gasteiger charge is -2.32. The predicted molar refractivity (Wildman–Crippen MR) is 180 cm³/mol. The number of aryl methyl sites for hydroxylation is 2. The highest BCUT2D eigenvalue weighted by Gasteiger charge is 2.24. The Bertz CT molecular complexity index is 1610. The molecule has 0 unspecified atom stereocenters. The van der Waals surface area contributed by atoms with Crippen molar-refractivity contribution < 1.29 is 14.3 Å². The smallest absolute Gasteiger partial charge is 0.324 e. The van der Waals surface area contributed by atoms with Crippen molar-refractivity contribution in [1.82, 2.24) is 14.7 Å². The minimum Gasteiger partial charge on any atom is -0.496 e. The molecule has 8 heteroatoms. The van der Waals surface area contributed by atoms with Gasteiger partial charge >= 0.3 is 6.03 Å². The lowest BCUT2D eigenvalue weighted by Crippen LogP contribution is -2.39. The highest BCUT2D eigenvalue weighted by Crippen LogP contribution is 2.28. The van der Waals surface area contributed by atoms with E-state index < -0.39 is 0 Å². The Hall–Kier alpha value is -4.59. The van der Waals surface area contributed by atoms with Gasteiger partial charge in [-0.2, -0.15) is 5.10 Å². The van der Waals surface area contributed by atoms with Gasteiger partial charge in [-0.15, -0.1) is 0 Å². The number of hydrogen-bond donors (Lipinski definition) is 2. The van der Waals surface area contributed by atoms with Crippen molar-refractivity contribution in [2.24, 2.45) is 5.92 Å². The van der Waals surface area contributed by atoms with Crippen LogP contribution >= 0.6 is 0 Å². The summed E-state index contributed by atoms with van der Waals surface area (Å²) in [4.78, 5) is 28.1. The molecule has 1 aliphatic rings. The van der Waals surface area contributed by atoms with Crippen molar-refractivity contribution in [1.29, 1.82) is 0 Å². The Morgan fingerprint density at radius 2 is 1.67 bits per heavy atom. The minimum absolute atomic E-state index is 0.170. The molecule has 4 aromatic rings. The fraction of sp³-hybridized carbons (Fsp3) is 0.378. The summed E-state index contributed by atoms with van der Waals surface area (Å²) in [7, 11) is 1.66. The standard InChI is InChI=1S/C37H45N5O3/c1-26-13-16-31(17-14-26)42-34(25-33(40-42)37(2,3)4)39-36(44)38-30-11-8-9-28(24-30)23-27-19-21-41(22-20-27)35(43)18-15-29-10-6-7-12-32(29)45-5/h6-14,16-17,24-25,27H,15,18-23H2,1-5H3,(H2,38,39,44). The van der Waals surface area contributed by atoms with E-state index in [1.165, 1.54) is 5.56 Å². The number of likely N-dealkylation sites (tertiary alicyclic amines) is 1. The molecule has 0 spiro atoms. The van der Waals surface area contributed by atoms with E-state index >= 15 is 0 Å². The maximum Gasteiger partial charge on any atom is 0.324 e. The first-order valence-electron chi connectivity index (χ1n) is 15.8. The van der Waals surface area contributed by atoms with Crippen LogP contribution in [0, 0.1) is 12.8 Å². The van der Waals surface area contributed by atoms with Crippen molar-refractivity contribution in [2.45, 2.75) is 65.2 Å². The van der Waals surface area contributed by atoms with E-state index in [0.717, 1.165) is 66.3 Å². The van der Waals surface area contributed by atoms with Gasteiger partial charge in [-0.3, -0.25) is 10.1 Å². The van der Waals surface area contributed by atoms with Gasteiger partial charge in [-0.25, -0.2) is 9.48 Å². The van der Waals surface area contributed by atoms with Crippen LogP contribution in [0.4, 0.5) is 16.3 Å². The number of para-hydroxylation sites is 1. The summed E-state index contributed by atoms with van der Waals surface area (Å²) < 4.78 is 7.21. The zero-order chi connectivity index (χ0) is 32.0. The Morgan fingerprint density at radius 3 is 2.38 bits per heavy atom. The molecule has 1 aliphatic heterocycles. The van der Waals surface area contributed by atoms with Gasteiger partial charge < -0.3 is 15.0 Å². The largest absolute Gasteiger partial charge is 0.496 e. The fourth-order valence-corrected chi connectivity index (χ4v) is 5.80. The summed E-state index contributed by atoms with van der Waals surface area (Å²) >= 11 is 0. The molecule has 0 atom stereocenters. The Labute approximate surface area is 266 Å². The Kier molecular flexibility index (Phi) is 9.91. The number of hydrogen-bond acceptors (Lipinski definition) is 4. The van der Waals surface area contributed by atoms with Crippen LogP contribution in [-0.4, -0.2) is 46.8 Å². The first-order valence-corrected chi connectivity index (χ1v) is 15.8. The van der Waals surface area contributed by atoms with Gasteiger partial charge in [0.05, 0.1) is 18.5 Å². The van der Waals surface area contributed by atoms with E-state index in [9.17, 15) is 9.59 Å². The predicted octanol–water partition coefficient (Wildman–Crippen LogP) is 7.54. The molecule has 2 N–H and O–H groups in total. The van der Waals surface area contributed by atoms with Gasteiger partial charge in [-0.05, 0) is 80.0 Å². The number of nitrogens with zero attached hydrogens (tertiary/aromatic N) is 3. The zero-order valence-electron chi connectivity index (χ0n) is 27.1. The van der Waals surface area contributed by atoms with Gasteiger partial charge in [0.1, 0.15) is 11.6 Å². The second-order valence-corrected chi connectivity index (χ2v) is 13.0. The van der Waals surface area contributed by atoms with Crippen molar-refractivity contribution in [3.8, 4) is 11.4 Å². The van der Waals surface area contributed by atoms with Gasteiger partial charge in [0, 0.05) is 36.7 Å². The van der Waals surface area contributed by atoms with Crippen molar-refractivity contribution in [2.75, 3.05) is 30.8 Å². The SMILES string of the molecule is COc1ccccc1CCC(=O)N1CCC(Cc2cccc(NC(=O)Nc3cc(C(C)(C)C)nn3-c3ccc(C)cc3)c2)CC1. The van der Waals surface area contributed by atoms with Crippen LogP contribution in [0.1, 0.15) is 62.4 Å². The summed E-state index contributed by atoms with van der Waals surface area (Å²) in [6.07, 6.45) is 4.02. The maximum absolute atomic E-state index is 13.2. The second-order valence-electron chi connectivity index (χ2n) is 13.0. The number of methoxy groups -OCH3 is 1. The highest BCUT2D eigenvalue weighted by molar-refractivity contribution is 5.99. The molecule has 236 valence electrons. The fourth-order valence-electron chi connectivity index (χ4n) is 5.80. The number of amides is 3. The highest BCUT2D eigenvalue weighted by atomic mass is 16.5. The summed E-state index contributed by atoms with van der Waals surface area (Å²) in [5, 5.41) is 10.8. The van der Waals surface area contributed by atoms with Crippen molar-refractivity contribution >= 4 is 23.4 Å². The second kappa shape index (κ2) is 14.0. The number of carbonyl (C=O) groups is 2. The van der Waals surface area contributed by atoms with Crippen LogP contribution in [0.3, 0.4) is 0 Å². The summed E-state index contributed by atoms with van der Waals surface area (Å²) in [6.45, 7) is 9.92. The molecule has 1 fully saturated rings. The normalized spacial score (nSPS) is 13.8. The third-order valence-corrected chi connectivity index (χ3v) is 8.48. The number of rotatable bonds is 9. The van der Waals surface area contributed by atoms with Gasteiger partial charge in [0.2, 0.25) is 5.91 Å². The molecular formula is C37H45N5O3. The number of anilines is 2. The quantitative estimate of drug-likeness (QED) is 0.206. The number of aromatic nitrogens is 2. The molecule has 2 heterocycles. The summed E-state index contributed by atoms with van der Waals surface area (Å²) in [5.41, 5.74) is 5.75. The van der Waals surface area contributed by atoms with Gasteiger partial charge in [0.15, 0.2) is 0 Å². The van der Waals surface area contributed by atoms with Crippen molar-refractivity contribution in [3.63, 3.8) is 0 Å². The van der Waals surface area contributed by atoms with E-state index in [2.05, 4.69) is 37.5 Å². The molecule has 8 nitrogen and oxygen atoms in total. The molecule has 0 bridgehead atoms. The molecule has 3 amide bonds. The number of urea groups is 1. The Morgan fingerprint density at radius 1 is 0.933 bits per heavy atom. The van der Waals surface area contributed by atoms with E-state index in [1.54, 1.807) is 11.8 Å². The number of piperidine rings is 1. The minimum atomic E-state index is -0.319. The van der Waals surface area contributed by atoms with Crippen LogP contribution in [0.15, 0.2) is 78.9 Å². The first-order chi connectivity index (χ1) is 21.6. The third kappa shape index (κ3) is 8.32. The number of nitrogens with one attached hydrogen (secondary N) is 2. The van der Waals surface area contributed by atoms with Crippen LogP contribution in [0.5, 0.6) is 5.75 Å². The van der Waals surface area contributed by atoms with E-state index in [0.29, 0.717) is 24.6 Å². The summed E-state index contributed by atoms with van der Waals surface area (Å²) in [6, 6.07) is 25.6. The van der Waals surface area contributed by atoms with Crippen LogP contribution in [0.2, 0.25) is 0 Å². The molecule has 45 heavy (non-hydrogen) atoms. The maximum atomic E-state index is 13.2. The van der Waals surface area contributed by atoms with Crippen LogP contribution < -0.4 is 15.4 Å². The number of carbonyl (C=O) groups excluding carboxylic acids is 2. The number of benzene rings is 3. The third-order valence-electron chi connectivity index (χ3n) is 8.48. The lowest BCUT2D eigenvalue weighted by atomic mass is 9.90. The van der Waals surface area contributed by atoms with Gasteiger partial charge in [0.25, 0.3) is 0 Å². The first kappa shape index (κ1) is 31.8.